The van der Waals surface area contributed by atoms with Crippen molar-refractivity contribution in [3.05, 3.63) is 23.8 Å². The zero-order valence-electron chi connectivity index (χ0n) is 14.5. The molecule has 0 radical (unpaired) electrons. The number of phenolic OH excluding ortho intramolecular Hbond substituents is 1. The molecule has 0 aliphatic carbocycles. The van der Waals surface area contributed by atoms with E-state index in [1.165, 1.54) is 7.11 Å². The number of aliphatic hydroxyl groups excluding tert-OH is 2. The van der Waals surface area contributed by atoms with Crippen molar-refractivity contribution in [2.75, 3.05) is 13.7 Å². The van der Waals surface area contributed by atoms with E-state index in [9.17, 15) is 10.2 Å². The van der Waals surface area contributed by atoms with Gasteiger partial charge in [0.2, 0.25) is 0 Å². The van der Waals surface area contributed by atoms with Crippen LogP contribution in [0.5, 0.6) is 11.5 Å². The molecule has 0 amide bonds. The molecular weight excluding hydrogens is 308 g/mol. The van der Waals surface area contributed by atoms with Gasteiger partial charge >= 0.3 is 0 Å². The summed E-state index contributed by atoms with van der Waals surface area (Å²) in [6.45, 7) is 0.285. The van der Waals surface area contributed by atoms with Gasteiger partial charge < -0.3 is 24.8 Å². The van der Waals surface area contributed by atoms with Gasteiger partial charge in [-0.15, -0.1) is 0 Å². The smallest absolute Gasteiger partial charge is 0.160 e. The predicted molar refractivity (Wildman–Crippen MR) is 92.4 cm³/mol. The third-order valence-corrected chi connectivity index (χ3v) is 4.62. The van der Waals surface area contributed by atoms with Crippen molar-refractivity contribution in [2.24, 2.45) is 0 Å². The molecule has 136 valence electrons. The Bertz CT molecular complexity index is 491. The topological polar surface area (TPSA) is 82.5 Å². The molecule has 3 atom stereocenters. The average molecular weight is 338 g/mol. The van der Waals surface area contributed by atoms with Crippen molar-refractivity contribution in [3.63, 3.8) is 0 Å². The summed E-state index contributed by atoms with van der Waals surface area (Å²) >= 11 is 0. The van der Waals surface area contributed by atoms with E-state index in [0.717, 1.165) is 50.5 Å². The number of aromatic hydroxyl groups is 1. The molecule has 0 spiro atoms. The molecule has 1 aromatic rings. The van der Waals surface area contributed by atoms with Crippen LogP contribution < -0.4 is 4.74 Å². The molecule has 1 fully saturated rings. The van der Waals surface area contributed by atoms with Crippen LogP contribution in [0.4, 0.5) is 0 Å². The van der Waals surface area contributed by atoms with Crippen LogP contribution in [0.1, 0.15) is 50.5 Å². The van der Waals surface area contributed by atoms with Crippen LogP contribution >= 0.6 is 0 Å². The molecule has 0 bridgehead atoms. The number of aliphatic hydroxyl groups is 2. The minimum Gasteiger partial charge on any atom is -0.504 e. The molecule has 0 aromatic heterocycles. The summed E-state index contributed by atoms with van der Waals surface area (Å²) in [5, 5.41) is 28.6. The van der Waals surface area contributed by atoms with Gasteiger partial charge in [-0.3, -0.25) is 0 Å². The molecule has 3 N–H and O–H groups in total. The van der Waals surface area contributed by atoms with Crippen molar-refractivity contribution in [1.29, 1.82) is 0 Å². The Morgan fingerprint density at radius 1 is 1.17 bits per heavy atom. The van der Waals surface area contributed by atoms with Crippen LogP contribution in [0.2, 0.25) is 0 Å². The maximum atomic E-state index is 10.2. The van der Waals surface area contributed by atoms with E-state index in [0.29, 0.717) is 12.2 Å². The average Bonchev–Trinajstić information content (AvgIpc) is 3.36. The van der Waals surface area contributed by atoms with Gasteiger partial charge in [-0.2, -0.15) is 0 Å². The monoisotopic (exact) mass is 338 g/mol. The first-order valence-corrected chi connectivity index (χ1v) is 8.96. The molecule has 1 aliphatic heterocycles. The number of unbranched alkanes of at least 4 members (excludes halogenated alkanes) is 4. The third kappa shape index (κ3) is 5.96. The van der Waals surface area contributed by atoms with Gasteiger partial charge in [-0.25, -0.2) is 0 Å². The number of benzene rings is 1. The van der Waals surface area contributed by atoms with Gasteiger partial charge in [0.05, 0.1) is 19.3 Å². The van der Waals surface area contributed by atoms with E-state index in [1.54, 1.807) is 12.1 Å². The highest BCUT2D eigenvalue weighted by Gasteiger charge is 2.43. The van der Waals surface area contributed by atoms with Crippen molar-refractivity contribution < 1.29 is 24.8 Å². The highest BCUT2D eigenvalue weighted by Crippen LogP contribution is 2.32. The standard InChI is InChI=1S/C19H30O5/c1-23-18-13-14(8-10-15(18)21)9-11-16(22)19-17(24-19)7-5-3-2-4-6-12-20/h8,10,13,16-17,19-22H,2-7,9,11-12H2,1H3. The van der Waals surface area contributed by atoms with E-state index < -0.39 is 6.10 Å². The van der Waals surface area contributed by atoms with Crippen LogP contribution in [0.15, 0.2) is 18.2 Å². The summed E-state index contributed by atoms with van der Waals surface area (Å²) < 4.78 is 10.7. The summed E-state index contributed by atoms with van der Waals surface area (Å²) in [5.74, 6) is 0.593. The number of methoxy groups -OCH3 is 1. The number of hydrogen-bond acceptors (Lipinski definition) is 5. The number of rotatable bonds is 12. The lowest BCUT2D eigenvalue weighted by molar-refractivity contribution is 0.127. The van der Waals surface area contributed by atoms with Crippen molar-refractivity contribution in [1.82, 2.24) is 0 Å². The summed E-state index contributed by atoms with van der Waals surface area (Å²) in [4.78, 5) is 0. The molecule has 2 rings (SSSR count). The lowest BCUT2D eigenvalue weighted by atomic mass is 10.0. The van der Waals surface area contributed by atoms with E-state index >= 15 is 0 Å². The first-order valence-electron chi connectivity index (χ1n) is 8.96. The Balaban J connectivity index is 1.61. The number of epoxide rings is 1. The molecule has 3 unspecified atom stereocenters. The maximum absolute atomic E-state index is 10.2. The molecule has 5 nitrogen and oxygen atoms in total. The van der Waals surface area contributed by atoms with Gasteiger partial charge in [-0.1, -0.05) is 31.7 Å². The molecule has 24 heavy (non-hydrogen) atoms. The van der Waals surface area contributed by atoms with E-state index in [1.807, 2.05) is 6.07 Å². The summed E-state index contributed by atoms with van der Waals surface area (Å²) in [7, 11) is 1.53. The number of aryl methyl sites for hydroxylation is 1. The van der Waals surface area contributed by atoms with E-state index in [2.05, 4.69) is 0 Å². The summed E-state index contributed by atoms with van der Waals surface area (Å²) in [6, 6.07) is 5.27. The second-order valence-corrected chi connectivity index (χ2v) is 6.53. The highest BCUT2D eigenvalue weighted by molar-refractivity contribution is 5.41. The number of hydrogen-bond donors (Lipinski definition) is 3. The second kappa shape index (κ2) is 9.87. The molecule has 1 heterocycles. The minimum atomic E-state index is -0.441. The second-order valence-electron chi connectivity index (χ2n) is 6.53. The Hall–Kier alpha value is -1.30. The summed E-state index contributed by atoms with van der Waals surface area (Å²) in [5.41, 5.74) is 1.03. The molecule has 0 saturated carbocycles. The Labute approximate surface area is 144 Å². The third-order valence-electron chi connectivity index (χ3n) is 4.62. The SMILES string of the molecule is COc1cc(CCC(O)C2OC2CCCCCCCO)ccc1O. The zero-order chi connectivity index (χ0) is 17.4. The fourth-order valence-electron chi connectivity index (χ4n) is 3.07. The van der Waals surface area contributed by atoms with E-state index in [-0.39, 0.29) is 24.6 Å². The lowest BCUT2D eigenvalue weighted by Gasteiger charge is -2.09. The van der Waals surface area contributed by atoms with Crippen LogP contribution in [0.25, 0.3) is 0 Å². The first kappa shape index (κ1) is 19.0. The lowest BCUT2D eigenvalue weighted by Crippen LogP contribution is -2.17. The first-order chi connectivity index (χ1) is 11.7. The van der Waals surface area contributed by atoms with Gasteiger partial charge in [0, 0.05) is 6.61 Å². The molecule has 1 saturated heterocycles. The number of phenols is 1. The van der Waals surface area contributed by atoms with Crippen LogP contribution in [0, 0.1) is 0 Å². The highest BCUT2D eigenvalue weighted by atomic mass is 16.6. The minimum absolute atomic E-state index is 0.0264. The van der Waals surface area contributed by atoms with Gasteiger partial charge in [0.1, 0.15) is 6.10 Å². The van der Waals surface area contributed by atoms with Gasteiger partial charge in [0.15, 0.2) is 11.5 Å². The predicted octanol–water partition coefficient (Wildman–Crippen LogP) is 2.79. The number of ether oxygens (including phenoxy) is 2. The van der Waals surface area contributed by atoms with Crippen molar-refractivity contribution >= 4 is 0 Å². The molecule has 1 aromatic carbocycles. The molecule has 1 aliphatic rings. The normalized spacial score (nSPS) is 20.8. The van der Waals surface area contributed by atoms with Crippen LogP contribution in [-0.4, -0.2) is 47.3 Å². The quantitative estimate of drug-likeness (QED) is 0.403. The fraction of sp³-hybridized carbons (Fsp3) is 0.684. The van der Waals surface area contributed by atoms with Crippen molar-refractivity contribution in [2.45, 2.75) is 69.7 Å². The maximum Gasteiger partial charge on any atom is 0.160 e. The molecular formula is C19H30O5. The van der Waals surface area contributed by atoms with Crippen molar-refractivity contribution in [3.8, 4) is 11.5 Å². The fourth-order valence-corrected chi connectivity index (χ4v) is 3.07. The Kier molecular flexibility index (Phi) is 7.82. The van der Waals surface area contributed by atoms with Crippen LogP contribution in [-0.2, 0) is 11.2 Å². The van der Waals surface area contributed by atoms with Gasteiger partial charge in [-0.05, 0) is 43.4 Å². The summed E-state index contributed by atoms with van der Waals surface area (Å²) in [6.07, 6.45) is 7.53. The molecule has 5 heteroatoms. The largest absolute Gasteiger partial charge is 0.504 e. The zero-order valence-corrected chi connectivity index (χ0v) is 14.5. The van der Waals surface area contributed by atoms with Crippen LogP contribution in [0.3, 0.4) is 0 Å². The van der Waals surface area contributed by atoms with Gasteiger partial charge in [0.25, 0.3) is 0 Å². The Morgan fingerprint density at radius 2 is 1.92 bits per heavy atom. The Morgan fingerprint density at radius 3 is 2.67 bits per heavy atom. The van der Waals surface area contributed by atoms with E-state index in [4.69, 9.17) is 14.6 Å².